The summed E-state index contributed by atoms with van der Waals surface area (Å²) in [6.45, 7) is 0. The number of carbonyl (C=O) groups is 3. The number of anilines is 1. The number of methoxy groups -OCH3 is 3. The Morgan fingerprint density at radius 3 is 2.14 bits per heavy atom. The van der Waals surface area contributed by atoms with E-state index in [1.165, 1.54) is 38.4 Å². The number of hydrogen-bond donors (Lipinski definition) is 1. The van der Waals surface area contributed by atoms with Crippen molar-refractivity contribution in [1.29, 1.82) is 0 Å². The molecule has 1 N–H and O–H groups in total. The average Bonchev–Trinajstić information content (AvgIpc) is 3.17. The molecular weight excluding hydrogens is 530 g/mol. The number of halogens is 1. The van der Waals surface area contributed by atoms with Crippen LogP contribution in [-0.4, -0.2) is 44.1 Å². The van der Waals surface area contributed by atoms with Gasteiger partial charge in [0.1, 0.15) is 17.3 Å². The second-order valence-corrected chi connectivity index (χ2v) is 8.65. The average molecular weight is 552 g/mol. The topological polar surface area (TPSA) is 102 Å². The maximum Gasteiger partial charge on any atom is 0.337 e. The lowest BCUT2D eigenvalue weighted by Crippen LogP contribution is -2.29. The second-order valence-electron chi connectivity index (χ2n) is 7.80. The third kappa shape index (κ3) is 4.33. The summed E-state index contributed by atoms with van der Waals surface area (Å²) in [5.41, 5.74) is 1.37. The number of amides is 1. The minimum Gasteiger partial charge on any atom is -0.507 e. The molecule has 0 radical (unpaired) electrons. The molecular formula is C27H22BrNO7. The molecule has 3 aromatic carbocycles. The van der Waals surface area contributed by atoms with Crippen LogP contribution in [0.3, 0.4) is 0 Å². The van der Waals surface area contributed by atoms with Gasteiger partial charge in [-0.05, 0) is 64.5 Å². The van der Waals surface area contributed by atoms with Crippen LogP contribution >= 0.6 is 15.9 Å². The van der Waals surface area contributed by atoms with E-state index in [1.807, 2.05) is 0 Å². The van der Waals surface area contributed by atoms with Crippen molar-refractivity contribution in [3.05, 3.63) is 93.5 Å². The van der Waals surface area contributed by atoms with Gasteiger partial charge in [0.15, 0.2) is 0 Å². The highest BCUT2D eigenvalue weighted by molar-refractivity contribution is 9.10. The van der Waals surface area contributed by atoms with Gasteiger partial charge in [-0.3, -0.25) is 14.5 Å². The first kappa shape index (κ1) is 25.0. The molecule has 36 heavy (non-hydrogen) atoms. The Hall–Kier alpha value is -4.11. The molecule has 184 valence electrons. The first-order chi connectivity index (χ1) is 17.3. The summed E-state index contributed by atoms with van der Waals surface area (Å²) in [6.07, 6.45) is 0. The highest BCUT2D eigenvalue weighted by atomic mass is 79.9. The smallest absolute Gasteiger partial charge is 0.337 e. The Bertz CT molecular complexity index is 1380. The molecule has 0 aromatic heterocycles. The Labute approximate surface area is 215 Å². The van der Waals surface area contributed by atoms with Crippen LogP contribution < -0.4 is 14.4 Å². The molecule has 1 aliphatic heterocycles. The molecule has 1 fully saturated rings. The fourth-order valence-electron chi connectivity index (χ4n) is 4.13. The first-order valence-electron chi connectivity index (χ1n) is 10.8. The monoisotopic (exact) mass is 551 g/mol. The van der Waals surface area contributed by atoms with Gasteiger partial charge < -0.3 is 19.3 Å². The molecule has 0 spiro atoms. The number of aliphatic hydroxyl groups is 1. The van der Waals surface area contributed by atoms with Crippen LogP contribution in [0.4, 0.5) is 5.69 Å². The van der Waals surface area contributed by atoms with E-state index < -0.39 is 23.7 Å². The van der Waals surface area contributed by atoms with Gasteiger partial charge in [0, 0.05) is 16.8 Å². The van der Waals surface area contributed by atoms with Gasteiger partial charge in [0.25, 0.3) is 11.7 Å². The van der Waals surface area contributed by atoms with Crippen LogP contribution in [-0.2, 0) is 14.3 Å². The number of rotatable bonds is 6. The predicted molar refractivity (Wildman–Crippen MR) is 136 cm³/mol. The summed E-state index contributed by atoms with van der Waals surface area (Å²) in [6, 6.07) is 16.9. The van der Waals surface area contributed by atoms with Crippen molar-refractivity contribution in [2.75, 3.05) is 26.2 Å². The highest BCUT2D eigenvalue weighted by Crippen LogP contribution is 2.45. The van der Waals surface area contributed by atoms with E-state index in [1.54, 1.807) is 54.6 Å². The van der Waals surface area contributed by atoms with Gasteiger partial charge in [0.05, 0.1) is 43.0 Å². The van der Waals surface area contributed by atoms with E-state index in [9.17, 15) is 19.5 Å². The molecule has 0 bridgehead atoms. The molecule has 1 heterocycles. The first-order valence-corrected chi connectivity index (χ1v) is 11.6. The lowest BCUT2D eigenvalue weighted by atomic mass is 9.94. The largest absolute Gasteiger partial charge is 0.507 e. The van der Waals surface area contributed by atoms with E-state index in [4.69, 9.17) is 14.2 Å². The predicted octanol–water partition coefficient (Wildman–Crippen LogP) is 4.88. The molecule has 1 amide bonds. The van der Waals surface area contributed by atoms with Crippen LogP contribution in [0, 0.1) is 0 Å². The van der Waals surface area contributed by atoms with E-state index in [2.05, 4.69) is 15.9 Å². The lowest BCUT2D eigenvalue weighted by Gasteiger charge is -2.26. The van der Waals surface area contributed by atoms with E-state index in [-0.39, 0.29) is 16.9 Å². The SMILES string of the molecule is COC(=O)c1ccc(N2C(=O)C(=O)/C(=C(/O)c3ccc(OC)c(Br)c3)C2c2ccccc2OC)cc1. The zero-order valence-electron chi connectivity index (χ0n) is 19.7. The van der Waals surface area contributed by atoms with E-state index >= 15 is 0 Å². The number of ether oxygens (including phenoxy) is 3. The molecule has 1 aliphatic rings. The van der Waals surface area contributed by atoms with Crippen molar-refractivity contribution in [2.45, 2.75) is 6.04 Å². The molecule has 4 rings (SSSR count). The zero-order chi connectivity index (χ0) is 26.0. The van der Waals surface area contributed by atoms with Crippen molar-refractivity contribution in [1.82, 2.24) is 0 Å². The Morgan fingerprint density at radius 1 is 0.889 bits per heavy atom. The van der Waals surface area contributed by atoms with Gasteiger partial charge in [0.2, 0.25) is 0 Å². The quantitative estimate of drug-likeness (QED) is 0.201. The van der Waals surface area contributed by atoms with Gasteiger partial charge in [-0.25, -0.2) is 4.79 Å². The minimum absolute atomic E-state index is 0.0985. The third-order valence-electron chi connectivity index (χ3n) is 5.87. The van der Waals surface area contributed by atoms with Crippen LogP contribution in [0.1, 0.15) is 27.5 Å². The number of hydrogen-bond acceptors (Lipinski definition) is 7. The van der Waals surface area contributed by atoms with Crippen molar-refractivity contribution >= 4 is 45.0 Å². The Morgan fingerprint density at radius 2 is 1.53 bits per heavy atom. The van der Waals surface area contributed by atoms with Crippen molar-refractivity contribution in [3.63, 3.8) is 0 Å². The third-order valence-corrected chi connectivity index (χ3v) is 6.49. The van der Waals surface area contributed by atoms with E-state index in [0.717, 1.165) is 0 Å². The van der Waals surface area contributed by atoms with Crippen molar-refractivity contribution in [3.8, 4) is 11.5 Å². The number of esters is 1. The number of aliphatic hydroxyl groups excluding tert-OH is 1. The zero-order valence-corrected chi connectivity index (χ0v) is 21.2. The molecule has 1 atom stereocenters. The van der Waals surface area contributed by atoms with Crippen LogP contribution in [0.15, 0.2) is 76.8 Å². The molecule has 0 saturated carbocycles. The number of Topliss-reactive ketones (excluding diaryl/α,β-unsaturated/α-hetero) is 1. The normalized spacial score (nSPS) is 16.7. The summed E-state index contributed by atoms with van der Waals surface area (Å²) >= 11 is 3.39. The fourth-order valence-corrected chi connectivity index (χ4v) is 4.67. The summed E-state index contributed by atoms with van der Waals surface area (Å²) in [4.78, 5) is 39.9. The Kier molecular flexibility index (Phi) is 7.12. The second kappa shape index (κ2) is 10.2. The Balaban J connectivity index is 1.93. The molecule has 9 heteroatoms. The summed E-state index contributed by atoms with van der Waals surface area (Å²) in [5.74, 6) is -1.59. The number of carbonyl (C=O) groups excluding carboxylic acids is 3. The number of benzene rings is 3. The molecule has 3 aromatic rings. The van der Waals surface area contributed by atoms with Gasteiger partial charge >= 0.3 is 5.97 Å². The molecule has 1 unspecified atom stereocenters. The van der Waals surface area contributed by atoms with Gasteiger partial charge in [-0.2, -0.15) is 0 Å². The molecule has 1 saturated heterocycles. The molecule has 8 nitrogen and oxygen atoms in total. The van der Waals surface area contributed by atoms with Crippen molar-refractivity contribution in [2.24, 2.45) is 0 Å². The maximum atomic E-state index is 13.4. The standard InChI is InChI=1S/C27H22BrNO7/c1-34-20-7-5-4-6-18(20)23-22(24(30)16-10-13-21(35-2)19(28)14-16)25(31)26(32)29(23)17-11-8-15(9-12-17)27(33)36-3/h4-14,23,30H,1-3H3/b24-22+. The maximum absolute atomic E-state index is 13.4. The van der Waals surface area contributed by atoms with Gasteiger partial charge in [-0.15, -0.1) is 0 Å². The lowest BCUT2D eigenvalue weighted by molar-refractivity contribution is -0.132. The van der Waals surface area contributed by atoms with E-state index in [0.29, 0.717) is 32.8 Å². The van der Waals surface area contributed by atoms with Gasteiger partial charge in [-0.1, -0.05) is 18.2 Å². The summed E-state index contributed by atoms with van der Waals surface area (Å²) < 4.78 is 16.1. The fraction of sp³-hybridized carbons (Fsp3) is 0.148. The molecule has 0 aliphatic carbocycles. The van der Waals surface area contributed by atoms with Crippen molar-refractivity contribution < 1.29 is 33.7 Å². The minimum atomic E-state index is -0.994. The number of ketones is 1. The summed E-state index contributed by atoms with van der Waals surface area (Å²) in [7, 11) is 4.27. The van der Waals surface area contributed by atoms with Crippen LogP contribution in [0.5, 0.6) is 11.5 Å². The summed E-state index contributed by atoms with van der Waals surface area (Å²) in [5, 5.41) is 11.3. The number of nitrogens with zero attached hydrogens (tertiary/aromatic N) is 1. The highest BCUT2D eigenvalue weighted by Gasteiger charge is 2.48. The van der Waals surface area contributed by atoms with Crippen LogP contribution in [0.25, 0.3) is 5.76 Å². The van der Waals surface area contributed by atoms with Crippen LogP contribution in [0.2, 0.25) is 0 Å². The number of para-hydroxylation sites is 1.